The maximum absolute atomic E-state index is 13.6. The fraction of sp³-hybridized carbons (Fsp3) is 0.258. The number of ether oxygens (including phenoxy) is 1. The fourth-order valence-corrected chi connectivity index (χ4v) is 7.73. The van der Waals surface area contributed by atoms with E-state index in [1.165, 1.54) is 16.2 Å². The van der Waals surface area contributed by atoms with Crippen molar-refractivity contribution >= 4 is 29.8 Å². The molecule has 3 aliphatic carbocycles. The number of hydrogen-bond acceptors (Lipinski definition) is 2. The molecule has 34 heavy (non-hydrogen) atoms. The molecule has 0 radical (unpaired) electrons. The molecule has 0 amide bonds. The number of benzene rings is 3. The van der Waals surface area contributed by atoms with E-state index in [0.29, 0.717) is 23.5 Å². The fourth-order valence-electron chi connectivity index (χ4n) is 5.36. The molecule has 3 aromatic rings. The Labute approximate surface area is 204 Å². The van der Waals surface area contributed by atoms with Crippen molar-refractivity contribution in [2.24, 2.45) is 23.7 Å². The van der Waals surface area contributed by atoms with Gasteiger partial charge in [0, 0.05) is 16.8 Å². The number of rotatable bonds is 6. The van der Waals surface area contributed by atoms with Crippen molar-refractivity contribution in [1.29, 1.82) is 0 Å². The topological polar surface area (TPSA) is 26.3 Å². The maximum atomic E-state index is 13.6. The largest absolute Gasteiger partial charge is 0.422 e. The second-order valence-electron chi connectivity index (χ2n) is 9.67. The minimum atomic E-state index is -0.856. The van der Waals surface area contributed by atoms with Crippen molar-refractivity contribution in [2.45, 2.75) is 27.2 Å². The van der Waals surface area contributed by atoms with E-state index >= 15 is 0 Å². The molecule has 0 spiro atoms. The summed E-state index contributed by atoms with van der Waals surface area (Å²) in [5.41, 5.74) is 2.22. The Hall–Kier alpha value is -2.96. The molecule has 2 nitrogen and oxygen atoms in total. The average molecular weight is 467 g/mol. The first kappa shape index (κ1) is 22.8. The van der Waals surface area contributed by atoms with Crippen LogP contribution in [-0.2, 0) is 4.79 Å². The zero-order valence-corrected chi connectivity index (χ0v) is 20.9. The molecular weight excluding hydrogens is 435 g/mol. The summed E-state index contributed by atoms with van der Waals surface area (Å²) in [6.45, 7) is 6.72. The van der Waals surface area contributed by atoms with Crippen LogP contribution in [0.2, 0.25) is 0 Å². The molecule has 0 saturated heterocycles. The summed E-state index contributed by atoms with van der Waals surface area (Å²) in [5, 5.41) is 3.54. The molecule has 0 aromatic heterocycles. The molecule has 6 rings (SSSR count). The standard InChI is InChI=1S/C31H31O2P/c1-21(2)26-19-23-20-28(27(26)18-22(23)3)31(32)33-29-16-10-11-17-30(29)34(24-12-6-4-7-13-24)25-14-8-5-9-15-25/h4-18,20-21,23,26-27H,19H2,1-3H3/t23-,26-,27+/m1/s1. The molecule has 0 saturated carbocycles. The summed E-state index contributed by atoms with van der Waals surface area (Å²) in [6.07, 6.45) is 5.61. The molecule has 0 heterocycles. The van der Waals surface area contributed by atoms with Gasteiger partial charge in [0.25, 0.3) is 0 Å². The zero-order chi connectivity index (χ0) is 23.7. The summed E-state index contributed by atoms with van der Waals surface area (Å²) < 4.78 is 6.20. The molecule has 0 N–H and O–H groups in total. The Kier molecular flexibility index (Phi) is 6.53. The second-order valence-corrected chi connectivity index (χ2v) is 11.9. The van der Waals surface area contributed by atoms with Crippen LogP contribution in [0.1, 0.15) is 27.2 Å². The number of para-hydroxylation sites is 1. The minimum absolute atomic E-state index is 0.148. The second kappa shape index (κ2) is 9.72. The third-order valence-corrected chi connectivity index (χ3v) is 9.66. The molecule has 172 valence electrons. The van der Waals surface area contributed by atoms with Crippen LogP contribution < -0.4 is 20.7 Å². The van der Waals surface area contributed by atoms with Crippen molar-refractivity contribution < 1.29 is 9.53 Å². The van der Waals surface area contributed by atoms with Gasteiger partial charge in [-0.05, 0) is 55.7 Å². The van der Waals surface area contributed by atoms with Gasteiger partial charge >= 0.3 is 5.97 Å². The van der Waals surface area contributed by atoms with E-state index in [2.05, 4.69) is 87.5 Å². The molecular formula is C31H31O2P. The van der Waals surface area contributed by atoms with Crippen LogP contribution in [0.15, 0.2) is 108 Å². The summed E-state index contributed by atoms with van der Waals surface area (Å²) >= 11 is 0. The smallest absolute Gasteiger partial charge is 0.339 e. The molecule has 3 aliphatic rings. The van der Waals surface area contributed by atoms with E-state index in [4.69, 9.17) is 4.74 Å². The average Bonchev–Trinajstić information content (AvgIpc) is 2.86. The van der Waals surface area contributed by atoms with E-state index in [9.17, 15) is 4.79 Å². The van der Waals surface area contributed by atoms with Gasteiger partial charge in [-0.25, -0.2) is 4.79 Å². The van der Waals surface area contributed by atoms with Crippen LogP contribution in [0.3, 0.4) is 0 Å². The number of carbonyl (C=O) groups is 1. The lowest BCUT2D eigenvalue weighted by Crippen LogP contribution is -2.36. The number of esters is 1. The first-order chi connectivity index (χ1) is 16.5. The summed E-state index contributed by atoms with van der Waals surface area (Å²) in [6, 6.07) is 29.1. The van der Waals surface area contributed by atoms with Crippen LogP contribution in [0.4, 0.5) is 0 Å². The van der Waals surface area contributed by atoms with Gasteiger partial charge < -0.3 is 4.74 Å². The third-order valence-electron chi connectivity index (χ3n) is 7.18. The molecule has 0 unspecified atom stereocenters. The highest BCUT2D eigenvalue weighted by Gasteiger charge is 2.40. The Morgan fingerprint density at radius 2 is 1.44 bits per heavy atom. The predicted molar refractivity (Wildman–Crippen MR) is 143 cm³/mol. The summed E-state index contributed by atoms with van der Waals surface area (Å²) in [7, 11) is -0.856. The molecule has 0 aliphatic heterocycles. The highest BCUT2D eigenvalue weighted by Crippen LogP contribution is 2.47. The monoisotopic (exact) mass is 466 g/mol. The van der Waals surface area contributed by atoms with Gasteiger partial charge in [0.2, 0.25) is 0 Å². The van der Waals surface area contributed by atoms with Crippen molar-refractivity contribution in [3.63, 3.8) is 0 Å². The number of fused-ring (bicyclic) bond motifs is 1. The molecule has 3 aromatic carbocycles. The van der Waals surface area contributed by atoms with E-state index in [0.717, 1.165) is 17.3 Å². The summed E-state index contributed by atoms with van der Waals surface area (Å²) in [5.74, 6) is 1.98. The van der Waals surface area contributed by atoms with Crippen molar-refractivity contribution in [2.75, 3.05) is 0 Å². The zero-order valence-electron chi connectivity index (χ0n) is 20.0. The number of allylic oxidation sites excluding steroid dienone is 3. The van der Waals surface area contributed by atoms with Crippen LogP contribution in [0.5, 0.6) is 5.75 Å². The van der Waals surface area contributed by atoms with Gasteiger partial charge in [0.1, 0.15) is 5.75 Å². The lowest BCUT2D eigenvalue weighted by atomic mass is 9.63. The molecule has 2 bridgehead atoms. The number of carbonyl (C=O) groups excluding carboxylic acids is 1. The van der Waals surface area contributed by atoms with Gasteiger partial charge in [-0.1, -0.05) is 110 Å². The normalized spacial score (nSPS) is 21.4. The Morgan fingerprint density at radius 1 is 0.853 bits per heavy atom. The molecule has 3 atom stereocenters. The maximum Gasteiger partial charge on any atom is 0.339 e. The quantitative estimate of drug-likeness (QED) is 0.189. The lowest BCUT2D eigenvalue weighted by Gasteiger charge is -2.41. The minimum Gasteiger partial charge on any atom is -0.422 e. The van der Waals surface area contributed by atoms with Gasteiger partial charge in [0.15, 0.2) is 0 Å². The van der Waals surface area contributed by atoms with Crippen LogP contribution in [-0.4, -0.2) is 5.97 Å². The molecule has 3 heteroatoms. The summed E-state index contributed by atoms with van der Waals surface area (Å²) in [4.78, 5) is 13.6. The van der Waals surface area contributed by atoms with Crippen LogP contribution in [0.25, 0.3) is 0 Å². The Balaban J connectivity index is 1.50. The van der Waals surface area contributed by atoms with Gasteiger partial charge in [0.05, 0.1) is 0 Å². The van der Waals surface area contributed by atoms with Gasteiger partial charge in [-0.3, -0.25) is 0 Å². The predicted octanol–water partition coefficient (Wildman–Crippen LogP) is 6.14. The Morgan fingerprint density at radius 3 is 2.03 bits per heavy atom. The SMILES string of the molecule is CC1=C[C@@H]2C(C(=O)Oc3ccccc3P(c3ccccc3)c3ccccc3)=C[C@H]1C[C@@H]2C(C)C. The third kappa shape index (κ3) is 4.40. The highest BCUT2D eigenvalue weighted by atomic mass is 31.1. The highest BCUT2D eigenvalue weighted by molar-refractivity contribution is 7.80. The van der Waals surface area contributed by atoms with Crippen LogP contribution >= 0.6 is 7.92 Å². The van der Waals surface area contributed by atoms with Gasteiger partial charge in [-0.15, -0.1) is 0 Å². The van der Waals surface area contributed by atoms with Crippen molar-refractivity contribution in [3.05, 3.63) is 108 Å². The van der Waals surface area contributed by atoms with Crippen LogP contribution in [0, 0.1) is 23.7 Å². The van der Waals surface area contributed by atoms with E-state index in [1.807, 2.05) is 30.3 Å². The van der Waals surface area contributed by atoms with E-state index in [1.54, 1.807) is 0 Å². The van der Waals surface area contributed by atoms with Crippen molar-refractivity contribution in [3.8, 4) is 5.75 Å². The lowest BCUT2D eigenvalue weighted by molar-refractivity contribution is -0.131. The van der Waals surface area contributed by atoms with E-state index < -0.39 is 7.92 Å². The first-order valence-corrected chi connectivity index (χ1v) is 13.5. The Bertz CT molecular complexity index is 1190. The van der Waals surface area contributed by atoms with E-state index in [-0.39, 0.29) is 11.9 Å². The van der Waals surface area contributed by atoms with Gasteiger partial charge in [-0.2, -0.15) is 0 Å². The molecule has 0 fully saturated rings. The first-order valence-electron chi connectivity index (χ1n) is 12.1. The number of hydrogen-bond donors (Lipinski definition) is 0. The van der Waals surface area contributed by atoms with Crippen molar-refractivity contribution in [1.82, 2.24) is 0 Å².